The van der Waals surface area contributed by atoms with Crippen LogP contribution in [0.15, 0.2) is 65.6 Å². The average molecular weight is 456 g/mol. The molecule has 172 valence electrons. The lowest BCUT2D eigenvalue weighted by atomic mass is 9.90. The molecule has 3 aromatic rings. The van der Waals surface area contributed by atoms with E-state index in [1.165, 1.54) is 22.8 Å². The highest BCUT2D eigenvalue weighted by Crippen LogP contribution is 2.40. The number of carbonyl (C=O) groups is 1. The van der Waals surface area contributed by atoms with Crippen LogP contribution >= 0.6 is 0 Å². The first-order valence-electron chi connectivity index (χ1n) is 11.6. The molecule has 1 N–H and O–H groups in total. The Kier molecular flexibility index (Phi) is 4.99. The number of rotatable bonds is 0. The van der Waals surface area contributed by atoms with Gasteiger partial charge in [-0.2, -0.15) is 0 Å². The molecule has 2 aliphatic heterocycles. The van der Waals surface area contributed by atoms with Gasteiger partial charge in [-0.25, -0.2) is 0 Å². The van der Waals surface area contributed by atoms with Gasteiger partial charge in [0.15, 0.2) is 11.4 Å². The first-order valence-corrected chi connectivity index (χ1v) is 11.6. The minimum atomic E-state index is -0.566. The molecule has 1 atom stereocenters. The normalized spacial score (nSPS) is 20.2. The van der Waals surface area contributed by atoms with Gasteiger partial charge in [-0.05, 0) is 40.7 Å². The highest BCUT2D eigenvalue weighted by molar-refractivity contribution is 5.96. The molecule has 7 heteroatoms. The molecule has 1 aromatic heterocycles. The molecule has 34 heavy (non-hydrogen) atoms. The lowest BCUT2D eigenvalue weighted by molar-refractivity contribution is 0.0590. The number of aromatic hydroxyl groups is 1. The van der Waals surface area contributed by atoms with Crippen molar-refractivity contribution in [3.05, 3.63) is 105 Å². The third-order valence-corrected chi connectivity index (χ3v) is 6.97. The van der Waals surface area contributed by atoms with Crippen molar-refractivity contribution in [1.29, 1.82) is 0 Å². The molecule has 1 aliphatic carbocycles. The van der Waals surface area contributed by atoms with E-state index in [1.54, 1.807) is 15.8 Å². The fourth-order valence-electron chi connectivity index (χ4n) is 5.36. The number of carbonyl (C=O) groups excluding carboxylic acids is 1. The molecule has 3 aliphatic rings. The van der Waals surface area contributed by atoms with Crippen LogP contribution in [-0.4, -0.2) is 47.0 Å². The van der Waals surface area contributed by atoms with Gasteiger partial charge in [0.1, 0.15) is 6.67 Å². The SMILES string of the molecule is O=C1c2c(O)c(=O)ccn2N2CN1CCOC/C=C\c1cccc3c1[C@@H]2c1ccccc1CC3. The Hall–Kier alpha value is -3.84. The predicted octanol–water partition coefficient (Wildman–Crippen LogP) is 2.84. The third kappa shape index (κ3) is 3.23. The van der Waals surface area contributed by atoms with Crippen molar-refractivity contribution in [2.75, 3.05) is 31.4 Å². The number of benzene rings is 2. The molecular weight excluding hydrogens is 430 g/mol. The van der Waals surface area contributed by atoms with Crippen LogP contribution in [0, 0.1) is 0 Å². The first-order chi connectivity index (χ1) is 16.6. The Morgan fingerprint density at radius 1 is 0.971 bits per heavy atom. The number of amides is 1. The average Bonchev–Trinajstić information content (AvgIpc) is 3.01. The van der Waals surface area contributed by atoms with Crippen molar-refractivity contribution in [1.82, 2.24) is 9.58 Å². The van der Waals surface area contributed by atoms with E-state index in [9.17, 15) is 14.7 Å². The lowest BCUT2D eigenvalue weighted by Gasteiger charge is -2.44. The van der Waals surface area contributed by atoms with E-state index < -0.39 is 11.2 Å². The van der Waals surface area contributed by atoms with E-state index in [0.717, 1.165) is 24.0 Å². The highest BCUT2D eigenvalue weighted by atomic mass is 16.5. The zero-order valence-corrected chi connectivity index (χ0v) is 18.7. The summed E-state index contributed by atoms with van der Waals surface area (Å²) in [6.07, 6.45) is 7.54. The Bertz CT molecular complexity index is 1380. The number of nitrogens with zero attached hydrogens (tertiary/aromatic N) is 3. The second-order valence-electron chi connectivity index (χ2n) is 8.87. The van der Waals surface area contributed by atoms with Crippen LogP contribution in [0.3, 0.4) is 0 Å². The molecule has 0 radical (unpaired) electrons. The van der Waals surface area contributed by atoms with Gasteiger partial charge in [-0.1, -0.05) is 54.6 Å². The van der Waals surface area contributed by atoms with E-state index in [1.807, 2.05) is 12.1 Å². The number of hydrogen-bond acceptors (Lipinski definition) is 5. The quantitative estimate of drug-likeness (QED) is 0.564. The Labute approximate surface area is 197 Å². The van der Waals surface area contributed by atoms with Crippen molar-refractivity contribution < 1.29 is 14.6 Å². The first kappa shape index (κ1) is 20.7. The van der Waals surface area contributed by atoms with Crippen LogP contribution in [-0.2, 0) is 17.6 Å². The standard InChI is InChI=1S/C27H25N3O4/c31-22-12-13-29-25(26(22)32)27(33)28-14-16-34-15-4-8-19-6-3-7-20-11-10-18-5-1-2-9-21(18)24(23(19)20)30(29)17-28/h1-9,12-13,24,32H,10-11,14-17H2/b8-4-/t24-/m0/s1. The van der Waals surface area contributed by atoms with Crippen molar-refractivity contribution >= 4 is 12.0 Å². The van der Waals surface area contributed by atoms with Crippen LogP contribution in [0.25, 0.3) is 6.08 Å². The van der Waals surface area contributed by atoms with Gasteiger partial charge in [0, 0.05) is 18.8 Å². The number of pyridine rings is 1. The summed E-state index contributed by atoms with van der Waals surface area (Å²) < 4.78 is 7.42. The Morgan fingerprint density at radius 2 is 1.79 bits per heavy atom. The minimum Gasteiger partial charge on any atom is -0.502 e. The molecule has 7 nitrogen and oxygen atoms in total. The zero-order valence-electron chi connectivity index (χ0n) is 18.7. The van der Waals surface area contributed by atoms with E-state index in [0.29, 0.717) is 26.4 Å². The van der Waals surface area contributed by atoms with Gasteiger partial charge in [0.05, 0.1) is 19.3 Å². The molecule has 3 heterocycles. The van der Waals surface area contributed by atoms with Gasteiger partial charge in [-0.3, -0.25) is 19.3 Å². The van der Waals surface area contributed by atoms with E-state index >= 15 is 0 Å². The van der Waals surface area contributed by atoms with Crippen LogP contribution in [0.1, 0.15) is 44.3 Å². The van der Waals surface area contributed by atoms with E-state index in [4.69, 9.17) is 4.74 Å². The molecule has 6 rings (SSSR count). The zero-order chi connectivity index (χ0) is 23.2. The molecule has 2 aromatic carbocycles. The lowest BCUT2D eigenvalue weighted by Crippen LogP contribution is -2.56. The van der Waals surface area contributed by atoms with Crippen molar-refractivity contribution in [2.24, 2.45) is 0 Å². The number of hydrogen-bond donors (Lipinski definition) is 1. The summed E-state index contributed by atoms with van der Waals surface area (Å²) in [4.78, 5) is 27.3. The molecule has 0 spiro atoms. The van der Waals surface area contributed by atoms with Crippen molar-refractivity contribution in [3.63, 3.8) is 0 Å². The van der Waals surface area contributed by atoms with Crippen LogP contribution < -0.4 is 10.4 Å². The number of fused-ring (bicyclic) bond motifs is 7. The van der Waals surface area contributed by atoms with Gasteiger partial charge < -0.3 is 14.7 Å². The fraction of sp³-hybridized carbons (Fsp3) is 0.259. The van der Waals surface area contributed by atoms with E-state index in [-0.39, 0.29) is 17.6 Å². The second-order valence-corrected chi connectivity index (χ2v) is 8.87. The summed E-state index contributed by atoms with van der Waals surface area (Å²) in [7, 11) is 0. The summed E-state index contributed by atoms with van der Waals surface area (Å²) in [5.74, 6) is -0.899. The summed E-state index contributed by atoms with van der Waals surface area (Å²) in [5, 5.41) is 12.8. The van der Waals surface area contributed by atoms with Gasteiger partial charge >= 0.3 is 0 Å². The maximum absolute atomic E-state index is 13.4. The fourth-order valence-corrected chi connectivity index (χ4v) is 5.36. The molecule has 0 unspecified atom stereocenters. The Morgan fingerprint density at radius 3 is 2.71 bits per heavy atom. The number of aromatic nitrogens is 1. The summed E-state index contributed by atoms with van der Waals surface area (Å²) in [5.41, 5.74) is 5.35. The largest absolute Gasteiger partial charge is 0.502 e. The van der Waals surface area contributed by atoms with Crippen LogP contribution in [0.4, 0.5) is 0 Å². The number of ether oxygens (including phenoxy) is 1. The molecule has 2 bridgehead atoms. The van der Waals surface area contributed by atoms with Crippen molar-refractivity contribution in [3.8, 4) is 5.75 Å². The van der Waals surface area contributed by atoms with E-state index in [2.05, 4.69) is 47.5 Å². The molecule has 1 amide bonds. The smallest absolute Gasteiger partial charge is 0.277 e. The van der Waals surface area contributed by atoms with Gasteiger partial charge in [0.25, 0.3) is 5.91 Å². The summed E-state index contributed by atoms with van der Waals surface area (Å²) in [6.45, 7) is 1.45. The highest BCUT2D eigenvalue weighted by Gasteiger charge is 2.38. The number of aryl methyl sites for hydroxylation is 2. The summed E-state index contributed by atoms with van der Waals surface area (Å²) >= 11 is 0. The topological polar surface area (TPSA) is 75.0 Å². The molecule has 0 saturated carbocycles. The molecule has 0 saturated heterocycles. The monoisotopic (exact) mass is 455 g/mol. The van der Waals surface area contributed by atoms with Crippen LogP contribution in [0.2, 0.25) is 0 Å². The third-order valence-electron chi connectivity index (χ3n) is 6.97. The molecular formula is C27H25N3O4. The van der Waals surface area contributed by atoms with Gasteiger partial charge in [-0.15, -0.1) is 0 Å². The van der Waals surface area contributed by atoms with Crippen LogP contribution in [0.5, 0.6) is 5.75 Å². The predicted molar refractivity (Wildman–Crippen MR) is 128 cm³/mol. The van der Waals surface area contributed by atoms with Gasteiger partial charge in [0.2, 0.25) is 5.43 Å². The Balaban J connectivity index is 1.68. The maximum Gasteiger partial charge on any atom is 0.277 e. The molecule has 0 fully saturated rings. The minimum absolute atomic E-state index is 0.00730. The summed E-state index contributed by atoms with van der Waals surface area (Å²) in [6, 6.07) is 15.9. The maximum atomic E-state index is 13.4. The van der Waals surface area contributed by atoms with Crippen molar-refractivity contribution in [2.45, 2.75) is 18.9 Å². The second kappa shape index (κ2) is 8.18.